The number of carbonyl (C=O) groups excluding carboxylic acids is 1. The number of aromatic nitrogens is 3. The molecule has 2 aromatic rings. The highest BCUT2D eigenvalue weighted by Gasteiger charge is 2.25. The van der Waals surface area contributed by atoms with E-state index in [2.05, 4.69) is 56.3 Å². The molecule has 0 N–H and O–H groups in total. The molecule has 0 saturated carbocycles. The molecule has 7 heteroatoms. The molecule has 0 fully saturated rings. The maximum Gasteiger partial charge on any atom is 0.233 e. The molecule has 0 spiro atoms. The Hall–Kier alpha value is -2.02. The smallest absolute Gasteiger partial charge is 0.233 e. The minimum absolute atomic E-state index is 0.156. The summed E-state index contributed by atoms with van der Waals surface area (Å²) in [5.41, 5.74) is 0.978. The van der Waals surface area contributed by atoms with Crippen molar-refractivity contribution in [3.05, 3.63) is 24.3 Å². The second-order valence-corrected chi connectivity index (χ2v) is 8.55. The molecule has 0 radical (unpaired) electrons. The molecule has 0 saturated heterocycles. The molecular formula is C22H34N4O2S. The molecule has 1 amide bonds. The minimum Gasteiger partial charge on any atom is -0.497 e. The van der Waals surface area contributed by atoms with E-state index in [9.17, 15) is 4.79 Å². The lowest BCUT2D eigenvalue weighted by Crippen LogP contribution is -2.45. The lowest BCUT2D eigenvalue weighted by Gasteiger charge is -2.34. The third kappa shape index (κ3) is 5.53. The molecule has 0 aliphatic rings. The van der Waals surface area contributed by atoms with E-state index in [1.54, 1.807) is 7.11 Å². The standard InChI is InChI=1S/C22H34N4O2S/c1-8-16(5)26(17(6)9-2)20(27)14-29-22-24-23-21(25(22)15(3)4)18-10-12-19(28-7)13-11-18/h10-13,15-17H,8-9,14H2,1-7H3/t16-,17-/m1/s1. The van der Waals surface area contributed by atoms with Crippen molar-refractivity contribution in [3.63, 3.8) is 0 Å². The highest BCUT2D eigenvalue weighted by Crippen LogP contribution is 2.29. The number of ether oxygens (including phenoxy) is 1. The highest BCUT2D eigenvalue weighted by molar-refractivity contribution is 7.99. The van der Waals surface area contributed by atoms with E-state index in [0.717, 1.165) is 35.1 Å². The van der Waals surface area contributed by atoms with E-state index in [1.165, 1.54) is 11.8 Å². The molecular weight excluding hydrogens is 384 g/mol. The van der Waals surface area contributed by atoms with Crippen molar-refractivity contribution in [1.82, 2.24) is 19.7 Å². The molecule has 2 atom stereocenters. The van der Waals surface area contributed by atoms with E-state index in [-0.39, 0.29) is 24.0 Å². The quantitative estimate of drug-likeness (QED) is 0.505. The zero-order valence-electron chi connectivity index (χ0n) is 18.7. The Morgan fingerprint density at radius 1 is 1.07 bits per heavy atom. The van der Waals surface area contributed by atoms with Crippen LogP contribution in [0.15, 0.2) is 29.4 Å². The van der Waals surface area contributed by atoms with Gasteiger partial charge in [-0.2, -0.15) is 0 Å². The lowest BCUT2D eigenvalue weighted by atomic mass is 10.1. The Morgan fingerprint density at radius 2 is 1.66 bits per heavy atom. The second kappa shape index (κ2) is 10.7. The second-order valence-electron chi connectivity index (χ2n) is 7.60. The Kier molecular flexibility index (Phi) is 8.56. The molecule has 1 aromatic heterocycles. The Morgan fingerprint density at radius 3 is 2.14 bits per heavy atom. The Balaban J connectivity index is 2.22. The first kappa shape index (κ1) is 23.3. The van der Waals surface area contributed by atoms with E-state index in [4.69, 9.17) is 4.74 Å². The fourth-order valence-corrected chi connectivity index (χ4v) is 4.23. The van der Waals surface area contributed by atoms with Crippen molar-refractivity contribution >= 4 is 17.7 Å². The largest absolute Gasteiger partial charge is 0.497 e. The van der Waals surface area contributed by atoms with Crippen LogP contribution in [0.1, 0.15) is 60.4 Å². The summed E-state index contributed by atoms with van der Waals surface area (Å²) in [4.78, 5) is 15.0. The minimum atomic E-state index is 0.156. The molecule has 0 bridgehead atoms. The van der Waals surface area contributed by atoms with Crippen LogP contribution in [0.4, 0.5) is 0 Å². The monoisotopic (exact) mass is 418 g/mol. The maximum atomic E-state index is 13.0. The fraction of sp³-hybridized carbons (Fsp3) is 0.591. The number of benzene rings is 1. The van der Waals surface area contributed by atoms with Crippen LogP contribution in [-0.2, 0) is 4.79 Å². The van der Waals surface area contributed by atoms with Crippen molar-refractivity contribution < 1.29 is 9.53 Å². The van der Waals surface area contributed by atoms with Crippen LogP contribution in [-0.4, -0.2) is 50.5 Å². The van der Waals surface area contributed by atoms with Crippen molar-refractivity contribution in [2.75, 3.05) is 12.9 Å². The van der Waals surface area contributed by atoms with E-state index in [1.807, 2.05) is 29.2 Å². The number of amides is 1. The van der Waals surface area contributed by atoms with Gasteiger partial charge in [-0.25, -0.2) is 0 Å². The summed E-state index contributed by atoms with van der Waals surface area (Å²) in [6, 6.07) is 8.44. The number of nitrogens with zero attached hydrogens (tertiary/aromatic N) is 4. The summed E-state index contributed by atoms with van der Waals surface area (Å²) in [5.74, 6) is 2.13. The van der Waals surface area contributed by atoms with Crippen molar-refractivity contribution in [2.24, 2.45) is 0 Å². The first-order valence-corrected chi connectivity index (χ1v) is 11.4. The molecule has 1 aromatic carbocycles. The molecule has 0 aliphatic heterocycles. The normalized spacial score (nSPS) is 13.4. The number of hydrogen-bond donors (Lipinski definition) is 0. The van der Waals surface area contributed by atoms with E-state index in [0.29, 0.717) is 5.75 Å². The number of thioether (sulfide) groups is 1. The summed E-state index contributed by atoms with van der Waals surface area (Å²) in [7, 11) is 1.65. The number of hydrogen-bond acceptors (Lipinski definition) is 5. The number of methoxy groups -OCH3 is 1. The lowest BCUT2D eigenvalue weighted by molar-refractivity contribution is -0.132. The third-order valence-electron chi connectivity index (χ3n) is 5.27. The summed E-state index contributed by atoms with van der Waals surface area (Å²) < 4.78 is 7.34. The van der Waals surface area contributed by atoms with Gasteiger partial charge in [0.05, 0.1) is 12.9 Å². The van der Waals surface area contributed by atoms with Crippen LogP contribution in [0.25, 0.3) is 11.4 Å². The fourth-order valence-electron chi connectivity index (χ4n) is 3.30. The van der Waals surface area contributed by atoms with Gasteiger partial charge >= 0.3 is 0 Å². The van der Waals surface area contributed by atoms with Gasteiger partial charge in [0.2, 0.25) is 5.91 Å². The van der Waals surface area contributed by atoms with E-state index < -0.39 is 0 Å². The maximum absolute atomic E-state index is 13.0. The van der Waals surface area contributed by atoms with Gasteiger partial charge in [-0.1, -0.05) is 25.6 Å². The Bertz CT molecular complexity index is 779. The summed E-state index contributed by atoms with van der Waals surface area (Å²) >= 11 is 1.46. The van der Waals surface area contributed by atoms with Gasteiger partial charge in [0, 0.05) is 23.7 Å². The average molecular weight is 419 g/mol. The molecule has 0 unspecified atom stereocenters. The topological polar surface area (TPSA) is 60.3 Å². The molecule has 160 valence electrons. The Labute approximate surface area is 179 Å². The SMILES string of the molecule is CC[C@@H](C)N(C(=O)CSc1nnc(-c2ccc(OC)cc2)n1C(C)C)[C@H](C)CC. The van der Waals surface area contributed by atoms with Crippen LogP contribution in [0, 0.1) is 0 Å². The molecule has 2 rings (SSSR count). The molecule has 0 aliphatic carbocycles. The van der Waals surface area contributed by atoms with Crippen molar-refractivity contribution in [2.45, 2.75) is 77.7 Å². The highest BCUT2D eigenvalue weighted by atomic mass is 32.2. The third-order valence-corrected chi connectivity index (χ3v) is 6.20. The van der Waals surface area contributed by atoms with Gasteiger partial charge in [-0.05, 0) is 64.8 Å². The average Bonchev–Trinajstić information content (AvgIpc) is 3.16. The van der Waals surface area contributed by atoms with Crippen LogP contribution < -0.4 is 4.74 Å². The molecule has 1 heterocycles. The van der Waals surface area contributed by atoms with Crippen molar-refractivity contribution in [3.8, 4) is 17.1 Å². The van der Waals surface area contributed by atoms with Gasteiger partial charge in [0.25, 0.3) is 0 Å². The van der Waals surface area contributed by atoms with Crippen LogP contribution in [0.3, 0.4) is 0 Å². The van der Waals surface area contributed by atoms with E-state index >= 15 is 0 Å². The predicted molar refractivity (Wildman–Crippen MR) is 119 cm³/mol. The van der Waals surface area contributed by atoms with Gasteiger partial charge in [-0.15, -0.1) is 10.2 Å². The van der Waals surface area contributed by atoms with Gasteiger partial charge in [0.1, 0.15) is 5.75 Å². The van der Waals surface area contributed by atoms with Crippen LogP contribution in [0.2, 0.25) is 0 Å². The van der Waals surface area contributed by atoms with Crippen molar-refractivity contribution in [1.29, 1.82) is 0 Å². The number of carbonyl (C=O) groups is 1. The van der Waals surface area contributed by atoms with Gasteiger partial charge in [-0.3, -0.25) is 9.36 Å². The van der Waals surface area contributed by atoms with Crippen LogP contribution >= 0.6 is 11.8 Å². The summed E-state index contributed by atoms with van der Waals surface area (Å²) in [6.07, 6.45) is 1.90. The zero-order valence-corrected chi connectivity index (χ0v) is 19.5. The van der Waals surface area contributed by atoms with Crippen LogP contribution in [0.5, 0.6) is 5.75 Å². The molecule has 6 nitrogen and oxygen atoms in total. The first-order valence-electron chi connectivity index (χ1n) is 10.4. The zero-order chi connectivity index (χ0) is 21.6. The summed E-state index contributed by atoms with van der Waals surface area (Å²) in [5, 5.41) is 9.58. The number of rotatable bonds is 10. The summed E-state index contributed by atoms with van der Waals surface area (Å²) in [6.45, 7) is 12.7. The van der Waals surface area contributed by atoms with Gasteiger partial charge < -0.3 is 9.64 Å². The first-order chi connectivity index (χ1) is 13.8. The van der Waals surface area contributed by atoms with Gasteiger partial charge in [0.15, 0.2) is 11.0 Å². The predicted octanol–water partition coefficient (Wildman–Crippen LogP) is 5.05. The molecule has 29 heavy (non-hydrogen) atoms.